The van der Waals surface area contributed by atoms with Gasteiger partial charge >= 0.3 is 6.03 Å². The number of hydrogen-bond acceptors (Lipinski definition) is 6. The molecule has 0 unspecified atom stereocenters. The lowest BCUT2D eigenvalue weighted by atomic mass is 10.1. The maximum Gasteiger partial charge on any atom is 0.320 e. The summed E-state index contributed by atoms with van der Waals surface area (Å²) in [5.74, 6) is 0.424. The van der Waals surface area contributed by atoms with Crippen molar-refractivity contribution in [3.8, 4) is 11.3 Å². The number of nitrogens with zero attached hydrogens (tertiary/aromatic N) is 3. The van der Waals surface area contributed by atoms with E-state index in [9.17, 15) is 4.79 Å². The molecule has 0 spiro atoms. The molecule has 1 atom stereocenters. The van der Waals surface area contributed by atoms with Crippen LogP contribution in [0.3, 0.4) is 0 Å². The number of hydrogen-bond donors (Lipinski definition) is 2. The molecule has 2 amide bonds. The highest BCUT2D eigenvalue weighted by atomic mass is 16.5. The van der Waals surface area contributed by atoms with Crippen LogP contribution in [0.1, 0.15) is 30.9 Å². The lowest BCUT2D eigenvalue weighted by Crippen LogP contribution is -2.36. The van der Waals surface area contributed by atoms with Crippen molar-refractivity contribution in [2.75, 3.05) is 25.6 Å². The molecule has 8 nitrogen and oxygen atoms in total. The number of ether oxygens (including phenoxy) is 2. The van der Waals surface area contributed by atoms with Gasteiger partial charge in [0.1, 0.15) is 11.3 Å². The van der Waals surface area contributed by atoms with Crippen molar-refractivity contribution < 1.29 is 14.3 Å². The van der Waals surface area contributed by atoms with Gasteiger partial charge in [0.05, 0.1) is 31.7 Å². The number of benzene rings is 2. The maximum absolute atomic E-state index is 12.5. The van der Waals surface area contributed by atoms with Crippen LogP contribution in [-0.2, 0) is 22.5 Å². The SMILES string of the molecule is COCCOCc1cccc(-c2cnc3ccc(NC(=O)N[C@H](C)CCCc4ccccc4)nc3n2)c1. The average Bonchev–Trinajstić information content (AvgIpc) is 2.91. The number of aryl methyl sites for hydroxylation is 1. The molecule has 4 rings (SSSR count). The Morgan fingerprint density at radius 1 is 0.973 bits per heavy atom. The Labute approximate surface area is 217 Å². The van der Waals surface area contributed by atoms with Gasteiger partial charge in [-0.25, -0.2) is 14.8 Å². The number of carbonyl (C=O) groups is 1. The van der Waals surface area contributed by atoms with Gasteiger partial charge in [0.15, 0.2) is 5.65 Å². The van der Waals surface area contributed by atoms with Gasteiger partial charge in [-0.3, -0.25) is 10.3 Å². The second kappa shape index (κ2) is 13.4. The molecule has 0 aliphatic carbocycles. The third-order valence-corrected chi connectivity index (χ3v) is 5.89. The molecule has 192 valence electrons. The van der Waals surface area contributed by atoms with Crippen LogP contribution in [-0.4, -0.2) is 47.3 Å². The second-order valence-corrected chi connectivity index (χ2v) is 8.92. The third-order valence-electron chi connectivity index (χ3n) is 5.89. The van der Waals surface area contributed by atoms with Crippen LogP contribution in [0.4, 0.5) is 10.6 Å². The standard InChI is InChI=1S/C29H33N5O3/c1-21(8-6-11-22-9-4-3-5-10-22)31-29(35)34-27-15-14-25-28(33-27)32-26(19-30-25)24-13-7-12-23(18-24)20-37-17-16-36-2/h3-5,7,9-10,12-15,18-19,21H,6,8,11,16-17,20H2,1-2H3,(H2,31,32,33,34,35)/t21-/m1/s1. The van der Waals surface area contributed by atoms with E-state index in [0.717, 1.165) is 30.4 Å². The summed E-state index contributed by atoms with van der Waals surface area (Å²) in [5.41, 5.74) is 5.09. The van der Waals surface area contributed by atoms with E-state index in [1.54, 1.807) is 25.4 Å². The predicted molar refractivity (Wildman–Crippen MR) is 145 cm³/mol. The number of carbonyl (C=O) groups excluding carboxylic acids is 1. The number of fused-ring (bicyclic) bond motifs is 1. The second-order valence-electron chi connectivity index (χ2n) is 8.92. The summed E-state index contributed by atoms with van der Waals surface area (Å²) in [5, 5.41) is 5.80. The number of amides is 2. The number of anilines is 1. The van der Waals surface area contributed by atoms with Gasteiger partial charge < -0.3 is 14.8 Å². The van der Waals surface area contributed by atoms with Crippen molar-refractivity contribution in [2.24, 2.45) is 0 Å². The molecule has 0 saturated heterocycles. The summed E-state index contributed by atoms with van der Waals surface area (Å²) in [4.78, 5) is 26.2. The fourth-order valence-electron chi connectivity index (χ4n) is 3.96. The van der Waals surface area contributed by atoms with Gasteiger partial charge in [-0.1, -0.05) is 48.5 Å². The highest BCUT2D eigenvalue weighted by Gasteiger charge is 2.10. The lowest BCUT2D eigenvalue weighted by molar-refractivity contribution is 0.0617. The zero-order valence-corrected chi connectivity index (χ0v) is 21.3. The minimum absolute atomic E-state index is 0.0429. The van der Waals surface area contributed by atoms with Gasteiger partial charge in [0.25, 0.3) is 0 Å². The average molecular weight is 500 g/mol. The third kappa shape index (κ3) is 8.06. The topological polar surface area (TPSA) is 98.3 Å². The molecule has 2 aromatic heterocycles. The van der Waals surface area contributed by atoms with Crippen molar-refractivity contribution in [3.63, 3.8) is 0 Å². The highest BCUT2D eigenvalue weighted by molar-refractivity contribution is 5.89. The van der Waals surface area contributed by atoms with Gasteiger partial charge in [-0.2, -0.15) is 0 Å². The van der Waals surface area contributed by atoms with Crippen molar-refractivity contribution in [3.05, 3.63) is 84.1 Å². The van der Waals surface area contributed by atoms with Crippen molar-refractivity contribution in [1.82, 2.24) is 20.3 Å². The monoisotopic (exact) mass is 499 g/mol. The molecule has 0 bridgehead atoms. The molecule has 0 radical (unpaired) electrons. The van der Waals surface area contributed by atoms with Crippen molar-refractivity contribution in [2.45, 2.75) is 38.8 Å². The first kappa shape index (κ1) is 26.2. The number of rotatable bonds is 12. The minimum Gasteiger partial charge on any atom is -0.382 e. The number of nitrogens with one attached hydrogen (secondary N) is 2. The van der Waals surface area contributed by atoms with Crippen LogP contribution in [0.2, 0.25) is 0 Å². The highest BCUT2D eigenvalue weighted by Crippen LogP contribution is 2.21. The maximum atomic E-state index is 12.5. The van der Waals surface area contributed by atoms with E-state index >= 15 is 0 Å². The van der Waals surface area contributed by atoms with Crippen LogP contribution in [0.5, 0.6) is 0 Å². The zero-order valence-electron chi connectivity index (χ0n) is 21.3. The van der Waals surface area contributed by atoms with Gasteiger partial charge in [0, 0.05) is 18.7 Å². The predicted octanol–water partition coefficient (Wildman–Crippen LogP) is 5.39. The number of pyridine rings is 1. The summed E-state index contributed by atoms with van der Waals surface area (Å²) in [7, 11) is 1.65. The normalized spacial score (nSPS) is 11.8. The summed E-state index contributed by atoms with van der Waals surface area (Å²) < 4.78 is 10.6. The van der Waals surface area contributed by atoms with E-state index in [-0.39, 0.29) is 12.1 Å². The van der Waals surface area contributed by atoms with E-state index in [0.29, 0.717) is 42.5 Å². The molecular weight excluding hydrogens is 466 g/mol. The zero-order chi connectivity index (χ0) is 25.9. The summed E-state index contributed by atoms with van der Waals surface area (Å²) in [6, 6.07) is 21.6. The Morgan fingerprint density at radius 2 is 1.81 bits per heavy atom. The first-order valence-electron chi connectivity index (χ1n) is 12.5. The van der Waals surface area contributed by atoms with Crippen LogP contribution >= 0.6 is 0 Å². The summed E-state index contributed by atoms with van der Waals surface area (Å²) in [6.45, 7) is 3.59. The smallest absolute Gasteiger partial charge is 0.320 e. The van der Waals surface area contributed by atoms with Crippen LogP contribution in [0.15, 0.2) is 72.9 Å². The molecule has 8 heteroatoms. The summed E-state index contributed by atoms with van der Waals surface area (Å²) >= 11 is 0. The van der Waals surface area contributed by atoms with E-state index in [1.807, 2.05) is 49.4 Å². The molecule has 2 aromatic carbocycles. The Morgan fingerprint density at radius 3 is 2.65 bits per heavy atom. The van der Waals surface area contributed by atoms with E-state index < -0.39 is 0 Å². The lowest BCUT2D eigenvalue weighted by Gasteiger charge is -2.14. The Kier molecular flexibility index (Phi) is 9.51. The van der Waals surface area contributed by atoms with Crippen molar-refractivity contribution >= 4 is 23.0 Å². The first-order valence-corrected chi connectivity index (χ1v) is 12.5. The molecule has 4 aromatic rings. The molecule has 0 aliphatic heterocycles. The number of aromatic nitrogens is 3. The van der Waals surface area contributed by atoms with Crippen LogP contribution in [0, 0.1) is 0 Å². The summed E-state index contributed by atoms with van der Waals surface area (Å²) in [6.07, 6.45) is 4.61. The van der Waals surface area contributed by atoms with E-state index in [4.69, 9.17) is 9.47 Å². The molecule has 2 heterocycles. The van der Waals surface area contributed by atoms with Crippen LogP contribution in [0.25, 0.3) is 22.4 Å². The largest absolute Gasteiger partial charge is 0.382 e. The van der Waals surface area contributed by atoms with E-state index in [1.165, 1.54) is 5.56 Å². The quantitative estimate of drug-likeness (QED) is 0.254. The minimum atomic E-state index is -0.288. The Hall–Kier alpha value is -3.88. The van der Waals surface area contributed by atoms with Gasteiger partial charge in [0.2, 0.25) is 0 Å². The number of urea groups is 1. The molecular formula is C29H33N5O3. The molecule has 0 fully saturated rings. The fraction of sp³-hybridized carbons (Fsp3) is 0.310. The Balaban J connectivity index is 1.34. The Bertz CT molecular complexity index is 1300. The fourth-order valence-corrected chi connectivity index (χ4v) is 3.96. The van der Waals surface area contributed by atoms with Crippen LogP contribution < -0.4 is 10.6 Å². The van der Waals surface area contributed by atoms with E-state index in [2.05, 4.69) is 37.7 Å². The number of methoxy groups -OCH3 is 1. The van der Waals surface area contributed by atoms with Crippen molar-refractivity contribution in [1.29, 1.82) is 0 Å². The van der Waals surface area contributed by atoms with Gasteiger partial charge in [-0.15, -0.1) is 0 Å². The van der Waals surface area contributed by atoms with Gasteiger partial charge in [-0.05, 0) is 55.5 Å². The molecule has 2 N–H and O–H groups in total. The molecule has 0 aliphatic rings. The first-order chi connectivity index (χ1) is 18.1. The molecule has 0 saturated carbocycles. The molecule has 37 heavy (non-hydrogen) atoms.